The summed E-state index contributed by atoms with van der Waals surface area (Å²) in [6.07, 6.45) is 2.75. The second-order valence-corrected chi connectivity index (χ2v) is 9.02. The normalized spacial score (nSPS) is 13.5. The van der Waals surface area contributed by atoms with E-state index < -0.39 is 23.2 Å². The molecule has 1 aromatic carbocycles. The fourth-order valence-corrected chi connectivity index (χ4v) is 3.57. The molecular formula is C24H37N3O5S. The molecule has 0 saturated heterocycles. The molecule has 184 valence electrons. The van der Waals surface area contributed by atoms with E-state index in [4.69, 9.17) is 0 Å². The lowest BCUT2D eigenvalue weighted by Crippen LogP contribution is -2.55. The molecule has 2 unspecified atom stereocenters. The van der Waals surface area contributed by atoms with Gasteiger partial charge in [0.05, 0.1) is 12.4 Å². The van der Waals surface area contributed by atoms with Gasteiger partial charge in [0.2, 0.25) is 17.7 Å². The third-order valence-corrected chi connectivity index (χ3v) is 5.63. The summed E-state index contributed by atoms with van der Waals surface area (Å²) in [5, 5.41) is 7.56. The number of amides is 3. The first kappa shape index (κ1) is 28.5. The zero-order chi connectivity index (χ0) is 24.8. The number of unbranched alkanes of at least 4 members (excludes halogenated alkanes) is 1. The highest BCUT2D eigenvalue weighted by Gasteiger charge is 2.28. The SMILES string of the molecule is CNC(=O)[C@H](Cc1ccccc1)NC(=O)C(CC(C)C)NC(=O)C(S)CCCCC(=O)OC. The number of carbonyl (C=O) groups excluding carboxylic acids is 4. The number of nitrogens with one attached hydrogen (secondary N) is 3. The van der Waals surface area contributed by atoms with Crippen LogP contribution in [0.2, 0.25) is 0 Å². The molecule has 8 nitrogen and oxygen atoms in total. The Morgan fingerprint density at radius 2 is 1.58 bits per heavy atom. The first-order chi connectivity index (χ1) is 15.7. The lowest BCUT2D eigenvalue weighted by molar-refractivity contribution is -0.140. The van der Waals surface area contributed by atoms with Crippen molar-refractivity contribution in [3.63, 3.8) is 0 Å². The summed E-state index contributed by atoms with van der Waals surface area (Å²) in [6.45, 7) is 3.91. The molecule has 0 saturated carbocycles. The predicted molar refractivity (Wildman–Crippen MR) is 131 cm³/mol. The molecule has 1 aromatic rings. The van der Waals surface area contributed by atoms with Gasteiger partial charge in [-0.2, -0.15) is 12.6 Å². The average Bonchev–Trinajstić information content (AvgIpc) is 2.80. The highest BCUT2D eigenvalue weighted by atomic mass is 32.1. The Hall–Kier alpha value is -2.55. The second-order valence-electron chi connectivity index (χ2n) is 8.39. The van der Waals surface area contributed by atoms with Crippen LogP contribution in [0, 0.1) is 5.92 Å². The van der Waals surface area contributed by atoms with Crippen molar-refractivity contribution in [2.75, 3.05) is 14.2 Å². The summed E-state index contributed by atoms with van der Waals surface area (Å²) in [4.78, 5) is 49.3. The molecule has 0 spiro atoms. The van der Waals surface area contributed by atoms with Crippen molar-refractivity contribution in [1.82, 2.24) is 16.0 Å². The van der Waals surface area contributed by atoms with Crippen molar-refractivity contribution in [3.05, 3.63) is 35.9 Å². The summed E-state index contributed by atoms with van der Waals surface area (Å²) in [7, 11) is 2.86. The van der Waals surface area contributed by atoms with E-state index in [1.165, 1.54) is 14.2 Å². The molecule has 0 fully saturated rings. The van der Waals surface area contributed by atoms with E-state index in [1.807, 2.05) is 44.2 Å². The van der Waals surface area contributed by atoms with E-state index in [2.05, 4.69) is 33.3 Å². The number of rotatable bonds is 14. The topological polar surface area (TPSA) is 114 Å². The predicted octanol–water partition coefficient (Wildman–Crippen LogP) is 2.02. The molecule has 0 radical (unpaired) electrons. The number of ether oxygens (including phenoxy) is 1. The third kappa shape index (κ3) is 11.2. The van der Waals surface area contributed by atoms with Gasteiger partial charge in [0.25, 0.3) is 0 Å². The first-order valence-corrected chi connectivity index (χ1v) is 11.8. The fraction of sp³-hybridized carbons (Fsp3) is 0.583. The van der Waals surface area contributed by atoms with E-state index in [0.29, 0.717) is 38.5 Å². The summed E-state index contributed by atoms with van der Waals surface area (Å²) < 4.78 is 4.60. The fourth-order valence-electron chi connectivity index (χ4n) is 3.32. The van der Waals surface area contributed by atoms with Crippen LogP contribution in [0.5, 0.6) is 0 Å². The van der Waals surface area contributed by atoms with Crippen LogP contribution in [0.1, 0.15) is 51.5 Å². The van der Waals surface area contributed by atoms with Gasteiger partial charge in [0.1, 0.15) is 12.1 Å². The van der Waals surface area contributed by atoms with Gasteiger partial charge in [-0.05, 0) is 30.7 Å². The molecule has 3 N–H and O–H groups in total. The smallest absolute Gasteiger partial charge is 0.305 e. The molecule has 0 aromatic heterocycles. The van der Waals surface area contributed by atoms with Crippen LogP contribution < -0.4 is 16.0 Å². The number of methoxy groups -OCH3 is 1. The van der Waals surface area contributed by atoms with Crippen molar-refractivity contribution in [1.29, 1.82) is 0 Å². The Morgan fingerprint density at radius 1 is 0.939 bits per heavy atom. The molecule has 33 heavy (non-hydrogen) atoms. The van der Waals surface area contributed by atoms with E-state index in [0.717, 1.165) is 5.56 Å². The number of hydrogen-bond acceptors (Lipinski definition) is 6. The van der Waals surface area contributed by atoms with Crippen molar-refractivity contribution >= 4 is 36.3 Å². The zero-order valence-corrected chi connectivity index (χ0v) is 20.8. The van der Waals surface area contributed by atoms with Gasteiger partial charge in [-0.25, -0.2) is 0 Å². The summed E-state index contributed by atoms with van der Waals surface area (Å²) in [5.41, 5.74) is 0.915. The van der Waals surface area contributed by atoms with Gasteiger partial charge in [0, 0.05) is 19.9 Å². The van der Waals surface area contributed by atoms with E-state index in [-0.39, 0.29) is 23.7 Å². The van der Waals surface area contributed by atoms with Crippen LogP contribution in [-0.4, -0.2) is 55.2 Å². The van der Waals surface area contributed by atoms with Crippen molar-refractivity contribution in [2.45, 2.75) is 69.7 Å². The number of thiol groups is 1. The maximum atomic E-state index is 13.0. The highest BCUT2D eigenvalue weighted by molar-refractivity contribution is 7.81. The minimum absolute atomic E-state index is 0.145. The van der Waals surface area contributed by atoms with Crippen molar-refractivity contribution < 1.29 is 23.9 Å². The van der Waals surface area contributed by atoms with Crippen LogP contribution in [-0.2, 0) is 30.3 Å². The molecule has 1 rings (SSSR count). The quantitative estimate of drug-likeness (QED) is 0.185. The molecule has 0 heterocycles. The molecule has 9 heteroatoms. The van der Waals surface area contributed by atoms with Crippen LogP contribution in [0.3, 0.4) is 0 Å². The molecule has 0 aliphatic rings. The monoisotopic (exact) mass is 479 g/mol. The molecule has 0 bridgehead atoms. The number of esters is 1. The maximum absolute atomic E-state index is 13.0. The Balaban J connectivity index is 2.75. The Morgan fingerprint density at radius 3 is 2.15 bits per heavy atom. The summed E-state index contributed by atoms with van der Waals surface area (Å²) in [6, 6.07) is 7.86. The average molecular weight is 480 g/mol. The minimum atomic E-state index is -0.787. The Kier molecular flexibility index (Phi) is 13.2. The van der Waals surface area contributed by atoms with Crippen LogP contribution >= 0.6 is 12.6 Å². The van der Waals surface area contributed by atoms with Crippen LogP contribution in [0.4, 0.5) is 0 Å². The maximum Gasteiger partial charge on any atom is 0.305 e. The number of likely N-dealkylation sites (N-methyl/N-ethyl adjacent to an activating group) is 1. The molecule has 0 aliphatic carbocycles. The minimum Gasteiger partial charge on any atom is -0.469 e. The zero-order valence-electron chi connectivity index (χ0n) is 19.9. The van der Waals surface area contributed by atoms with Gasteiger partial charge in [0.15, 0.2) is 0 Å². The van der Waals surface area contributed by atoms with Gasteiger partial charge < -0.3 is 20.7 Å². The second kappa shape index (κ2) is 15.3. The van der Waals surface area contributed by atoms with Crippen molar-refractivity contribution in [2.24, 2.45) is 5.92 Å². The lowest BCUT2D eigenvalue weighted by Gasteiger charge is -2.25. The molecular weight excluding hydrogens is 442 g/mol. The number of hydrogen-bond donors (Lipinski definition) is 4. The van der Waals surface area contributed by atoms with Crippen LogP contribution in [0.25, 0.3) is 0 Å². The first-order valence-electron chi connectivity index (χ1n) is 11.3. The molecule has 3 amide bonds. The van der Waals surface area contributed by atoms with Gasteiger partial charge in [-0.1, -0.05) is 50.6 Å². The van der Waals surface area contributed by atoms with E-state index in [1.54, 1.807) is 0 Å². The molecule has 0 aliphatic heterocycles. The van der Waals surface area contributed by atoms with Gasteiger partial charge in [-0.15, -0.1) is 0 Å². The highest BCUT2D eigenvalue weighted by Crippen LogP contribution is 2.12. The molecule has 3 atom stereocenters. The summed E-state index contributed by atoms with van der Waals surface area (Å²) >= 11 is 4.37. The third-order valence-electron chi connectivity index (χ3n) is 5.14. The summed E-state index contributed by atoms with van der Waals surface area (Å²) in [5.74, 6) is -1.21. The Labute approximate surface area is 202 Å². The lowest BCUT2D eigenvalue weighted by atomic mass is 10.0. The van der Waals surface area contributed by atoms with E-state index >= 15 is 0 Å². The largest absolute Gasteiger partial charge is 0.469 e. The van der Waals surface area contributed by atoms with Crippen molar-refractivity contribution in [3.8, 4) is 0 Å². The van der Waals surface area contributed by atoms with Gasteiger partial charge in [-0.3, -0.25) is 19.2 Å². The van der Waals surface area contributed by atoms with Crippen LogP contribution in [0.15, 0.2) is 30.3 Å². The van der Waals surface area contributed by atoms with Gasteiger partial charge >= 0.3 is 5.97 Å². The standard InChI is InChI=1S/C24H37N3O5S/c1-16(2)14-18(27-24(31)20(33)12-8-9-13-21(28)32-4)23(30)26-19(22(29)25-3)15-17-10-6-5-7-11-17/h5-7,10-11,16,18-20,33H,8-9,12-15H2,1-4H3,(H,25,29)(H,26,30)(H,27,31)/t18?,19-,20?/m0/s1. The number of benzene rings is 1. The van der Waals surface area contributed by atoms with E-state index in [9.17, 15) is 19.2 Å². The Bertz CT molecular complexity index is 773. The number of carbonyl (C=O) groups is 4.